The van der Waals surface area contributed by atoms with Gasteiger partial charge in [-0.15, -0.1) is 0 Å². The summed E-state index contributed by atoms with van der Waals surface area (Å²) in [4.78, 5) is 0. The molecule has 0 N–H and O–H groups in total. The highest BCUT2D eigenvalue weighted by Crippen LogP contribution is 2.18. The third-order valence-corrected chi connectivity index (χ3v) is 6.83. The average Bonchev–Trinajstić information content (AvgIpc) is 2.19. The molecule has 0 heterocycles. The Morgan fingerprint density at radius 2 is 1.73 bits per heavy atom. The molecule has 0 aliphatic heterocycles. The molecule has 15 heavy (non-hydrogen) atoms. The Labute approximate surface area is 107 Å². The summed E-state index contributed by atoms with van der Waals surface area (Å²) in [5, 5.41) is 0. The van der Waals surface area contributed by atoms with Crippen molar-refractivity contribution in [1.29, 1.82) is 0 Å². The van der Waals surface area contributed by atoms with Crippen molar-refractivity contribution in [3.8, 4) is 0 Å². The van der Waals surface area contributed by atoms with Gasteiger partial charge in [0.15, 0.2) is 12.9 Å². The van der Waals surface area contributed by atoms with Gasteiger partial charge in [-0.2, -0.15) is 0 Å². The predicted octanol–water partition coefficient (Wildman–Crippen LogP) is 3.11. The van der Waals surface area contributed by atoms with Gasteiger partial charge >= 0.3 is 0 Å². The van der Waals surface area contributed by atoms with Crippen molar-refractivity contribution in [2.45, 2.75) is 15.9 Å². The molecule has 5 heteroatoms. The third-order valence-electron chi connectivity index (χ3n) is 2.01. The van der Waals surface area contributed by atoms with Crippen molar-refractivity contribution in [2.75, 3.05) is 5.75 Å². The number of hydrogen-bond acceptors (Lipinski definition) is 2. The van der Waals surface area contributed by atoms with Gasteiger partial charge in [0.25, 0.3) is 0 Å². The maximum absolute atomic E-state index is 11.4. The Bertz CT molecular complexity index is 387. The Balaban J connectivity index is 2.41. The highest BCUT2D eigenvalue weighted by Gasteiger charge is 2.18. The maximum Gasteiger partial charge on any atom is 0.173 e. The van der Waals surface area contributed by atoms with Gasteiger partial charge in [-0.05, 0) is 18.4 Å². The van der Waals surface area contributed by atoms with Crippen LogP contribution in [-0.4, -0.2) is 17.2 Å². The number of aryl methyl sites for hydroxylation is 1. The number of benzene rings is 1. The first-order chi connectivity index (χ1) is 7.02. The third kappa shape index (κ3) is 4.66. The zero-order chi connectivity index (χ0) is 11.3. The van der Waals surface area contributed by atoms with Crippen molar-refractivity contribution in [1.82, 2.24) is 0 Å². The smallest absolute Gasteiger partial charge is 0.173 e. The second-order valence-corrected chi connectivity index (χ2v) is 9.69. The van der Waals surface area contributed by atoms with Gasteiger partial charge in [0.05, 0.1) is 5.75 Å². The molecular weight excluding hydrogens is 344 g/mol. The predicted molar refractivity (Wildman–Crippen MR) is 70.2 cm³/mol. The molecule has 0 radical (unpaired) electrons. The van der Waals surface area contributed by atoms with E-state index in [0.717, 1.165) is 6.42 Å². The molecule has 0 aliphatic rings. The van der Waals surface area contributed by atoms with Crippen LogP contribution in [-0.2, 0) is 16.3 Å². The summed E-state index contributed by atoms with van der Waals surface area (Å²) < 4.78 is 22.2. The Morgan fingerprint density at radius 1 is 1.13 bits per heavy atom. The summed E-state index contributed by atoms with van der Waals surface area (Å²) in [6.07, 6.45) is 1.45. The van der Waals surface area contributed by atoms with Crippen molar-refractivity contribution in [3.63, 3.8) is 0 Å². The van der Waals surface area contributed by atoms with Gasteiger partial charge in [0.1, 0.15) is 0 Å². The van der Waals surface area contributed by atoms with Gasteiger partial charge < -0.3 is 0 Å². The summed E-state index contributed by atoms with van der Waals surface area (Å²) in [5.41, 5.74) is 1.17. The number of hydrogen-bond donors (Lipinski definition) is 0. The highest BCUT2D eigenvalue weighted by atomic mass is 79.9. The van der Waals surface area contributed by atoms with E-state index >= 15 is 0 Å². The topological polar surface area (TPSA) is 34.1 Å². The van der Waals surface area contributed by atoms with Crippen LogP contribution in [0.25, 0.3) is 0 Å². The fourth-order valence-corrected chi connectivity index (χ4v) is 3.06. The fourth-order valence-electron chi connectivity index (χ4n) is 1.21. The summed E-state index contributed by atoms with van der Waals surface area (Å²) in [6, 6.07) is 9.88. The normalized spacial score (nSPS) is 11.9. The highest BCUT2D eigenvalue weighted by molar-refractivity contribution is 9.27. The molecule has 0 saturated heterocycles. The molecule has 0 bridgehead atoms. The average molecular weight is 356 g/mol. The van der Waals surface area contributed by atoms with Crippen LogP contribution in [0.2, 0.25) is 0 Å². The fraction of sp³-hybridized carbons (Fsp3) is 0.400. The van der Waals surface area contributed by atoms with Crippen LogP contribution in [0.15, 0.2) is 30.3 Å². The number of alkyl halides is 2. The van der Waals surface area contributed by atoms with E-state index in [1.807, 2.05) is 30.3 Å². The van der Waals surface area contributed by atoms with Crippen molar-refractivity contribution in [2.24, 2.45) is 0 Å². The first-order valence-electron chi connectivity index (χ1n) is 4.56. The van der Waals surface area contributed by atoms with E-state index in [0.29, 0.717) is 6.42 Å². The molecule has 0 aliphatic carbocycles. The Hall–Kier alpha value is 0.130. The molecule has 1 rings (SSSR count). The summed E-state index contributed by atoms with van der Waals surface area (Å²) in [6.45, 7) is 0. The minimum Gasteiger partial charge on any atom is -0.227 e. The van der Waals surface area contributed by atoms with E-state index in [2.05, 4.69) is 31.9 Å². The molecule has 2 nitrogen and oxygen atoms in total. The van der Waals surface area contributed by atoms with E-state index in [9.17, 15) is 8.42 Å². The van der Waals surface area contributed by atoms with Crippen LogP contribution >= 0.6 is 31.9 Å². The van der Waals surface area contributed by atoms with Crippen molar-refractivity contribution < 1.29 is 8.42 Å². The SMILES string of the molecule is O=S(=O)(CCCc1ccccc1)C(Br)Br. The quantitative estimate of drug-likeness (QED) is 0.760. The Kier molecular flexibility index (Phi) is 5.29. The van der Waals surface area contributed by atoms with E-state index in [-0.39, 0.29) is 5.75 Å². The molecule has 1 aromatic carbocycles. The molecule has 1 aromatic rings. The molecule has 0 spiro atoms. The monoisotopic (exact) mass is 354 g/mol. The van der Waals surface area contributed by atoms with E-state index < -0.39 is 12.9 Å². The molecule has 0 atom stereocenters. The molecule has 0 fully saturated rings. The molecule has 84 valence electrons. The Morgan fingerprint density at radius 3 is 2.27 bits per heavy atom. The van der Waals surface area contributed by atoms with Crippen LogP contribution < -0.4 is 0 Å². The molecule has 0 saturated carbocycles. The van der Waals surface area contributed by atoms with Crippen LogP contribution in [0.1, 0.15) is 12.0 Å². The lowest BCUT2D eigenvalue weighted by Crippen LogP contribution is -2.13. The minimum atomic E-state index is -3.04. The van der Waals surface area contributed by atoms with Crippen LogP contribution in [0.3, 0.4) is 0 Å². The van der Waals surface area contributed by atoms with E-state index in [1.54, 1.807) is 0 Å². The summed E-state index contributed by atoms with van der Waals surface area (Å²) in [7, 11) is -3.04. The first-order valence-corrected chi connectivity index (χ1v) is 8.11. The lowest BCUT2D eigenvalue weighted by molar-refractivity contribution is 0.597. The largest absolute Gasteiger partial charge is 0.227 e. The number of halogens is 2. The van der Waals surface area contributed by atoms with Crippen LogP contribution in [0.5, 0.6) is 0 Å². The van der Waals surface area contributed by atoms with Crippen LogP contribution in [0, 0.1) is 0 Å². The molecule has 0 unspecified atom stereocenters. The summed E-state index contributed by atoms with van der Waals surface area (Å²) >= 11 is 6.02. The molecule has 0 aromatic heterocycles. The minimum absolute atomic E-state index is 0.197. The van der Waals surface area contributed by atoms with Gasteiger partial charge in [-0.1, -0.05) is 62.2 Å². The van der Waals surface area contributed by atoms with E-state index in [4.69, 9.17) is 0 Å². The molecule has 0 amide bonds. The van der Waals surface area contributed by atoms with Gasteiger partial charge in [-0.25, -0.2) is 8.42 Å². The standard InChI is InChI=1S/C10H12Br2O2S/c11-10(12)15(13,14)8-4-7-9-5-2-1-3-6-9/h1-3,5-6,10H,4,7-8H2. The number of rotatable bonds is 5. The lowest BCUT2D eigenvalue weighted by Gasteiger charge is -2.04. The zero-order valence-corrected chi connectivity index (χ0v) is 12.1. The lowest BCUT2D eigenvalue weighted by atomic mass is 10.1. The van der Waals surface area contributed by atoms with Crippen molar-refractivity contribution >= 4 is 41.7 Å². The second kappa shape index (κ2) is 6.01. The van der Waals surface area contributed by atoms with Gasteiger partial charge in [0.2, 0.25) is 0 Å². The number of sulfone groups is 1. The first kappa shape index (κ1) is 13.2. The van der Waals surface area contributed by atoms with E-state index in [1.165, 1.54) is 5.56 Å². The van der Waals surface area contributed by atoms with Gasteiger partial charge in [-0.3, -0.25) is 0 Å². The van der Waals surface area contributed by atoms with Crippen LogP contribution in [0.4, 0.5) is 0 Å². The molecular formula is C10H12Br2O2S. The van der Waals surface area contributed by atoms with Gasteiger partial charge in [0, 0.05) is 0 Å². The van der Waals surface area contributed by atoms with Crippen molar-refractivity contribution in [3.05, 3.63) is 35.9 Å². The summed E-state index contributed by atoms with van der Waals surface area (Å²) in [5.74, 6) is 0.197. The zero-order valence-electron chi connectivity index (χ0n) is 8.07. The second-order valence-electron chi connectivity index (χ2n) is 3.22. The maximum atomic E-state index is 11.4.